The van der Waals surface area contributed by atoms with Crippen LogP contribution in [0.5, 0.6) is 11.5 Å². The Kier molecular flexibility index (Phi) is 6.09. The molecule has 0 fully saturated rings. The summed E-state index contributed by atoms with van der Waals surface area (Å²) in [5.74, 6) is -2.00. The number of carbonyl (C=O) groups excluding carboxylic acids is 2. The van der Waals surface area contributed by atoms with Crippen LogP contribution in [0.4, 0.5) is 0 Å². The molecule has 2 atom stereocenters. The lowest BCUT2D eigenvalue weighted by atomic mass is 10.0. The molecule has 10 heteroatoms. The maximum atomic E-state index is 12.8. The van der Waals surface area contributed by atoms with Gasteiger partial charge in [0.2, 0.25) is 0 Å². The van der Waals surface area contributed by atoms with Gasteiger partial charge in [-0.2, -0.15) is 0 Å². The van der Waals surface area contributed by atoms with Crippen molar-refractivity contribution in [1.29, 1.82) is 0 Å². The maximum absolute atomic E-state index is 12.8. The Morgan fingerprint density at radius 1 is 1.22 bits per heavy atom. The molecule has 0 unspecified atom stereocenters. The van der Waals surface area contributed by atoms with E-state index in [1.54, 1.807) is 18.3 Å². The van der Waals surface area contributed by atoms with Crippen LogP contribution in [0.1, 0.15) is 30.0 Å². The minimum absolute atomic E-state index is 0.0347. The first-order valence-electron chi connectivity index (χ1n) is 11.5. The molecule has 4 aromatic rings. The highest BCUT2D eigenvalue weighted by Crippen LogP contribution is 2.35. The molecule has 36 heavy (non-hydrogen) atoms. The summed E-state index contributed by atoms with van der Waals surface area (Å²) < 4.78 is 11.2. The number of aromatic hydroxyl groups is 1. The summed E-state index contributed by atoms with van der Waals surface area (Å²) in [5, 5.41) is 25.6. The molecule has 1 aliphatic rings. The van der Waals surface area contributed by atoms with E-state index in [1.165, 1.54) is 25.1 Å². The van der Waals surface area contributed by atoms with Gasteiger partial charge in [-0.1, -0.05) is 11.6 Å². The second-order valence-corrected chi connectivity index (χ2v) is 9.27. The van der Waals surface area contributed by atoms with E-state index in [0.717, 1.165) is 23.8 Å². The van der Waals surface area contributed by atoms with Crippen LogP contribution < -0.4 is 20.8 Å². The first-order chi connectivity index (χ1) is 17.2. The molecular weight excluding hydrogens is 488 g/mol. The summed E-state index contributed by atoms with van der Waals surface area (Å²) >= 11 is 6.41. The summed E-state index contributed by atoms with van der Waals surface area (Å²) in [6, 6.07) is 6.46. The van der Waals surface area contributed by atoms with E-state index in [9.17, 15) is 24.6 Å². The molecule has 2 heterocycles. The molecule has 3 N–H and O–H groups in total. The number of aromatic amines is 1. The minimum Gasteiger partial charge on any atom is -0.548 e. The predicted octanol–water partition coefficient (Wildman–Crippen LogP) is 2.37. The van der Waals surface area contributed by atoms with Gasteiger partial charge >= 0.3 is 5.63 Å². The molecule has 2 aromatic heterocycles. The number of aryl methyl sites for hydroxylation is 1. The number of amides is 1. The number of fused-ring (bicyclic) bond motifs is 4. The lowest BCUT2D eigenvalue weighted by Gasteiger charge is -2.22. The van der Waals surface area contributed by atoms with Crippen LogP contribution in [0, 0.1) is 0 Å². The average Bonchev–Trinajstić information content (AvgIpc) is 3.47. The van der Waals surface area contributed by atoms with Gasteiger partial charge in [-0.05, 0) is 61.6 Å². The van der Waals surface area contributed by atoms with Gasteiger partial charge in [0.25, 0.3) is 5.91 Å². The van der Waals surface area contributed by atoms with Crippen LogP contribution in [0.25, 0.3) is 21.9 Å². The van der Waals surface area contributed by atoms with E-state index in [0.29, 0.717) is 34.0 Å². The lowest BCUT2D eigenvalue weighted by Crippen LogP contribution is -2.52. The Morgan fingerprint density at radius 3 is 2.78 bits per heavy atom. The van der Waals surface area contributed by atoms with Gasteiger partial charge in [0, 0.05) is 40.5 Å². The summed E-state index contributed by atoms with van der Waals surface area (Å²) in [6.07, 6.45) is 2.72. The van der Waals surface area contributed by atoms with Gasteiger partial charge < -0.3 is 34.5 Å². The quantitative estimate of drug-likeness (QED) is 0.324. The number of nitrogens with one attached hydrogen (secondary N) is 2. The Bertz CT molecular complexity index is 1570. The molecular formula is C26H22ClN2O7-. The summed E-state index contributed by atoms with van der Waals surface area (Å²) in [4.78, 5) is 39.9. The van der Waals surface area contributed by atoms with Gasteiger partial charge in [-0.3, -0.25) is 4.79 Å². The van der Waals surface area contributed by atoms with E-state index >= 15 is 0 Å². The Labute approximate surface area is 209 Å². The predicted molar refractivity (Wildman–Crippen MR) is 130 cm³/mol. The molecule has 0 radical (unpaired) electrons. The largest absolute Gasteiger partial charge is 0.548 e. The summed E-state index contributed by atoms with van der Waals surface area (Å²) in [7, 11) is 0. The smallest absolute Gasteiger partial charge is 0.339 e. The number of benzene rings is 2. The summed E-state index contributed by atoms with van der Waals surface area (Å²) in [5.41, 5.74) is 2.80. The number of carboxylic acid groups (broad SMARTS) is 1. The number of aliphatic carboxylic acids is 1. The number of hydrogen-bond donors (Lipinski definition) is 3. The summed E-state index contributed by atoms with van der Waals surface area (Å²) in [6.45, 7) is 1.45. The van der Waals surface area contributed by atoms with Gasteiger partial charge in [-0.25, -0.2) is 4.79 Å². The first kappa shape index (κ1) is 23.7. The van der Waals surface area contributed by atoms with Crippen molar-refractivity contribution in [2.45, 2.75) is 44.8 Å². The molecule has 1 amide bonds. The van der Waals surface area contributed by atoms with Crippen LogP contribution in [-0.2, 0) is 28.9 Å². The van der Waals surface area contributed by atoms with Crippen LogP contribution in [0.2, 0.25) is 5.02 Å². The fraction of sp³-hybridized carbons (Fsp3) is 0.269. The Hall–Kier alpha value is -3.98. The van der Waals surface area contributed by atoms with Crippen molar-refractivity contribution in [1.82, 2.24) is 10.3 Å². The van der Waals surface area contributed by atoms with Crippen molar-refractivity contribution in [3.05, 3.63) is 68.7 Å². The van der Waals surface area contributed by atoms with E-state index in [1.807, 2.05) is 0 Å². The average molecular weight is 510 g/mol. The van der Waals surface area contributed by atoms with E-state index in [4.69, 9.17) is 20.8 Å². The lowest BCUT2D eigenvalue weighted by molar-refractivity contribution is -0.308. The van der Waals surface area contributed by atoms with E-state index in [-0.39, 0.29) is 22.9 Å². The van der Waals surface area contributed by atoms with Crippen molar-refractivity contribution in [3.63, 3.8) is 0 Å². The van der Waals surface area contributed by atoms with Crippen molar-refractivity contribution >= 4 is 45.3 Å². The zero-order valence-corrected chi connectivity index (χ0v) is 20.0. The van der Waals surface area contributed by atoms with Gasteiger partial charge in [0.15, 0.2) is 6.10 Å². The van der Waals surface area contributed by atoms with Crippen LogP contribution in [0.15, 0.2) is 45.7 Å². The van der Waals surface area contributed by atoms with E-state index in [2.05, 4.69) is 10.3 Å². The molecule has 1 aliphatic carbocycles. The molecule has 0 bridgehead atoms. The molecule has 0 spiro atoms. The third-order valence-corrected chi connectivity index (χ3v) is 6.77. The highest BCUT2D eigenvalue weighted by molar-refractivity contribution is 6.32. The fourth-order valence-corrected chi connectivity index (χ4v) is 4.86. The molecule has 0 saturated carbocycles. The number of ether oxygens (including phenoxy) is 1. The Balaban J connectivity index is 1.33. The van der Waals surface area contributed by atoms with Gasteiger partial charge in [-0.15, -0.1) is 0 Å². The molecule has 2 aromatic carbocycles. The minimum atomic E-state index is -1.47. The van der Waals surface area contributed by atoms with Crippen LogP contribution in [-0.4, -0.2) is 34.1 Å². The fourth-order valence-electron chi connectivity index (χ4n) is 4.65. The number of rotatable bonds is 7. The molecule has 0 aliphatic heterocycles. The topological polar surface area (TPSA) is 145 Å². The second-order valence-electron chi connectivity index (χ2n) is 8.87. The van der Waals surface area contributed by atoms with Crippen molar-refractivity contribution in [2.24, 2.45) is 0 Å². The number of hydrogen-bond acceptors (Lipinski definition) is 7. The zero-order valence-electron chi connectivity index (χ0n) is 19.2. The Morgan fingerprint density at radius 2 is 2.00 bits per heavy atom. The standard InChI is InChI=1S/C26H23ClN2O7/c1-12(35-23-10-22-18(9-19(23)27)15-3-2-4-16(15)26(34)36-22)24(31)29-21(25(32)33)7-13-11-28-20-6-5-14(30)8-17(13)20/h5-6,8-12,21,28,30H,2-4,7H2,1H3,(H,29,31)(H,32,33)/p-1/t12-,21+/m0/s1. The highest BCUT2D eigenvalue weighted by Gasteiger charge is 2.24. The molecule has 9 nitrogen and oxygen atoms in total. The van der Waals surface area contributed by atoms with Crippen molar-refractivity contribution < 1.29 is 29.0 Å². The normalized spacial score (nSPS) is 14.5. The molecule has 0 saturated heterocycles. The van der Waals surface area contributed by atoms with Gasteiger partial charge in [0.1, 0.15) is 17.1 Å². The van der Waals surface area contributed by atoms with Gasteiger partial charge in [0.05, 0.1) is 17.0 Å². The molecule has 186 valence electrons. The third-order valence-electron chi connectivity index (χ3n) is 6.48. The number of phenolic OH excluding ortho intramolecular Hbond substituents is 1. The number of phenols is 1. The monoisotopic (exact) mass is 509 g/mol. The highest BCUT2D eigenvalue weighted by atomic mass is 35.5. The molecule has 5 rings (SSSR count). The van der Waals surface area contributed by atoms with E-state index < -0.39 is 29.6 Å². The van der Waals surface area contributed by atoms with Crippen molar-refractivity contribution in [2.75, 3.05) is 0 Å². The number of carbonyl (C=O) groups is 2. The van der Waals surface area contributed by atoms with Crippen LogP contribution in [0.3, 0.4) is 0 Å². The first-order valence-corrected chi connectivity index (χ1v) is 11.8. The maximum Gasteiger partial charge on any atom is 0.339 e. The van der Waals surface area contributed by atoms with Crippen molar-refractivity contribution in [3.8, 4) is 11.5 Å². The van der Waals surface area contributed by atoms with Crippen LogP contribution >= 0.6 is 11.6 Å². The number of aromatic nitrogens is 1. The second kappa shape index (κ2) is 9.23. The zero-order chi connectivity index (χ0) is 25.6. The number of halogens is 1. The third kappa shape index (κ3) is 4.37. The number of H-pyrrole nitrogens is 1. The SMILES string of the molecule is C[C@H](Oc1cc2oc(=O)c3c(c2cc1Cl)CCC3)C(=O)N[C@H](Cc1c[nH]c2ccc(O)cc12)C(=O)[O-]. The number of carboxylic acids is 1.